The van der Waals surface area contributed by atoms with Gasteiger partial charge >= 0.3 is 17.9 Å². The lowest BCUT2D eigenvalue weighted by atomic mass is 10.2. The smallest absolute Gasteiger partial charge is 0.409 e. The van der Waals surface area contributed by atoms with E-state index in [-0.39, 0.29) is 57.4 Å². The van der Waals surface area contributed by atoms with Crippen molar-refractivity contribution in [3.8, 4) is 0 Å². The van der Waals surface area contributed by atoms with Crippen molar-refractivity contribution >= 4 is 27.7 Å². The summed E-state index contributed by atoms with van der Waals surface area (Å²) in [6.07, 6.45) is -0.115. The van der Waals surface area contributed by atoms with Crippen LogP contribution in [0.2, 0.25) is 0 Å². The van der Waals surface area contributed by atoms with Crippen LogP contribution >= 0.6 is 0 Å². The van der Waals surface area contributed by atoms with Crippen molar-refractivity contribution in [2.75, 3.05) is 64.6 Å². The van der Waals surface area contributed by atoms with Crippen LogP contribution in [-0.4, -0.2) is 112 Å². The van der Waals surface area contributed by atoms with Crippen LogP contribution < -0.4 is 0 Å². The van der Waals surface area contributed by atoms with E-state index in [1.165, 1.54) is 21.8 Å². The third-order valence-electron chi connectivity index (χ3n) is 4.72. The minimum Gasteiger partial charge on any atom is -0.450 e. The third-order valence-corrected chi connectivity index (χ3v) is 6.47. The second kappa shape index (κ2) is 9.36. The van der Waals surface area contributed by atoms with Gasteiger partial charge in [-0.05, 0) is 13.3 Å². The van der Waals surface area contributed by atoms with Gasteiger partial charge in [-0.25, -0.2) is 13.2 Å². The number of hydrogen-bond acceptors (Lipinski definition) is 7. The van der Waals surface area contributed by atoms with Gasteiger partial charge in [-0.15, -0.1) is 0 Å². The van der Waals surface area contributed by atoms with Gasteiger partial charge in [-0.3, -0.25) is 9.59 Å². The quantitative estimate of drug-likeness (QED) is 0.536. The van der Waals surface area contributed by atoms with Gasteiger partial charge in [-0.2, -0.15) is 0 Å². The number of ether oxygens (including phenoxy) is 2. The number of methoxy groups -OCH3 is 1. The predicted molar refractivity (Wildman–Crippen MR) is 95.8 cm³/mol. The number of carbonyl (C=O) groups excluding carboxylic acids is 3. The highest BCUT2D eigenvalue weighted by Gasteiger charge is 2.38. The second-order valence-corrected chi connectivity index (χ2v) is 8.76. The van der Waals surface area contributed by atoms with Gasteiger partial charge in [0, 0.05) is 45.9 Å². The Hall–Kier alpha value is -1.88. The van der Waals surface area contributed by atoms with Gasteiger partial charge in [0.1, 0.15) is 0 Å². The largest absolute Gasteiger partial charge is 0.450 e. The van der Waals surface area contributed by atoms with Crippen LogP contribution in [0.1, 0.15) is 13.3 Å². The molecule has 0 aliphatic carbocycles. The average molecular weight is 405 g/mol. The van der Waals surface area contributed by atoms with Crippen molar-refractivity contribution in [3.63, 3.8) is 0 Å². The third kappa shape index (κ3) is 5.55. The number of nitrogens with zero attached hydrogens (tertiary/aromatic N) is 3. The molecule has 0 saturated carbocycles. The molecular weight excluding hydrogens is 378 g/mol. The Morgan fingerprint density at radius 2 is 1.74 bits per heavy atom. The maximum atomic E-state index is 12.7. The van der Waals surface area contributed by atoms with Crippen molar-refractivity contribution in [1.82, 2.24) is 14.7 Å². The molecule has 27 heavy (non-hydrogen) atoms. The van der Waals surface area contributed by atoms with Crippen LogP contribution in [-0.2, 0) is 28.9 Å². The van der Waals surface area contributed by atoms with E-state index in [0.29, 0.717) is 6.42 Å². The highest BCUT2D eigenvalue weighted by atomic mass is 32.2. The Morgan fingerprint density at radius 3 is 2.26 bits per heavy atom. The van der Waals surface area contributed by atoms with Crippen LogP contribution in [0.3, 0.4) is 0 Å². The lowest BCUT2D eigenvalue weighted by Crippen LogP contribution is -2.56. The Morgan fingerprint density at radius 1 is 1.11 bits per heavy atom. The molecule has 10 nitrogen and oxygen atoms in total. The fourth-order valence-electron chi connectivity index (χ4n) is 3.23. The van der Waals surface area contributed by atoms with E-state index in [1.54, 1.807) is 6.92 Å². The zero-order valence-electron chi connectivity index (χ0n) is 15.8. The van der Waals surface area contributed by atoms with E-state index in [4.69, 9.17) is 9.47 Å². The van der Waals surface area contributed by atoms with E-state index < -0.39 is 33.8 Å². The molecular formula is C16H27N3O7S. The zero-order valence-corrected chi connectivity index (χ0v) is 16.6. The molecule has 3 amide bonds. The summed E-state index contributed by atoms with van der Waals surface area (Å²) in [5, 5.41) is 0. The maximum absolute atomic E-state index is 12.7. The van der Waals surface area contributed by atoms with Gasteiger partial charge in [-0.1, -0.05) is 0 Å². The first kappa shape index (κ1) is 21.4. The van der Waals surface area contributed by atoms with Crippen molar-refractivity contribution < 1.29 is 32.3 Å². The van der Waals surface area contributed by atoms with E-state index in [2.05, 4.69) is 0 Å². The molecule has 0 N–H and O–H groups in total. The first-order chi connectivity index (χ1) is 12.8. The van der Waals surface area contributed by atoms with Crippen molar-refractivity contribution in [2.45, 2.75) is 19.4 Å². The van der Waals surface area contributed by atoms with Gasteiger partial charge in [0.25, 0.3) is 0 Å². The van der Waals surface area contributed by atoms with Crippen LogP contribution in [0, 0.1) is 0 Å². The van der Waals surface area contributed by atoms with Gasteiger partial charge in [0.15, 0.2) is 9.84 Å². The molecule has 0 bridgehead atoms. The summed E-state index contributed by atoms with van der Waals surface area (Å²) in [5.74, 6) is -1.52. The summed E-state index contributed by atoms with van der Waals surface area (Å²) < 4.78 is 33.4. The summed E-state index contributed by atoms with van der Waals surface area (Å²) in [7, 11) is -1.71. The average Bonchev–Trinajstić information content (AvgIpc) is 3.01. The minimum absolute atomic E-state index is 0.0147. The number of sulfone groups is 1. The lowest BCUT2D eigenvalue weighted by Gasteiger charge is -2.35. The highest BCUT2D eigenvalue weighted by Crippen LogP contribution is 2.19. The Balaban J connectivity index is 1.98. The number of rotatable bonds is 5. The molecule has 1 unspecified atom stereocenters. The molecule has 154 valence electrons. The molecule has 11 heteroatoms. The zero-order chi connectivity index (χ0) is 20.0. The van der Waals surface area contributed by atoms with E-state index in [1.807, 2.05) is 0 Å². The Labute approximate surface area is 159 Å². The van der Waals surface area contributed by atoms with E-state index in [9.17, 15) is 22.8 Å². The first-order valence-electron chi connectivity index (χ1n) is 9.00. The summed E-state index contributed by atoms with van der Waals surface area (Å²) >= 11 is 0. The summed E-state index contributed by atoms with van der Waals surface area (Å²) in [4.78, 5) is 41.3. The molecule has 0 aromatic rings. The van der Waals surface area contributed by atoms with Crippen LogP contribution in [0.4, 0.5) is 4.79 Å². The highest BCUT2D eigenvalue weighted by molar-refractivity contribution is 7.91. The molecule has 0 spiro atoms. The number of carbonyl (C=O) groups is 3. The molecule has 0 radical (unpaired) electrons. The normalized spacial score (nSPS) is 21.8. The molecule has 2 fully saturated rings. The fourth-order valence-corrected chi connectivity index (χ4v) is 4.96. The number of piperazine rings is 1. The molecule has 2 heterocycles. The minimum atomic E-state index is -3.19. The standard InChI is InChI=1S/C16H27N3O7S/c1-3-26-16(22)18-7-5-17(6-8-18)14(20)15(21)19(9-10-25-2)13-4-11-27(23,24)12-13/h13H,3-12H2,1-2H3. The summed E-state index contributed by atoms with van der Waals surface area (Å²) in [6.45, 7) is 3.38. The topological polar surface area (TPSA) is 114 Å². The van der Waals surface area contributed by atoms with Gasteiger partial charge in [0.2, 0.25) is 0 Å². The summed E-state index contributed by atoms with van der Waals surface area (Å²) in [6, 6.07) is -0.512. The van der Waals surface area contributed by atoms with Crippen LogP contribution in [0.15, 0.2) is 0 Å². The summed E-state index contributed by atoms with van der Waals surface area (Å²) in [5.41, 5.74) is 0. The molecule has 0 aromatic heterocycles. The number of hydrogen-bond donors (Lipinski definition) is 0. The molecule has 2 saturated heterocycles. The van der Waals surface area contributed by atoms with Crippen LogP contribution in [0.25, 0.3) is 0 Å². The fraction of sp³-hybridized carbons (Fsp3) is 0.812. The molecule has 2 aliphatic rings. The van der Waals surface area contributed by atoms with E-state index in [0.717, 1.165) is 0 Å². The molecule has 1 atom stereocenters. The maximum Gasteiger partial charge on any atom is 0.409 e. The molecule has 2 rings (SSSR count). The molecule has 2 aliphatic heterocycles. The number of amides is 3. The van der Waals surface area contributed by atoms with Gasteiger partial charge in [0.05, 0.1) is 24.7 Å². The Kier molecular flexibility index (Phi) is 7.42. The molecule has 0 aromatic carbocycles. The predicted octanol–water partition coefficient (Wildman–Crippen LogP) is -1.05. The Bertz CT molecular complexity index is 659. The van der Waals surface area contributed by atoms with Crippen molar-refractivity contribution in [3.05, 3.63) is 0 Å². The first-order valence-corrected chi connectivity index (χ1v) is 10.8. The van der Waals surface area contributed by atoms with Crippen LogP contribution in [0.5, 0.6) is 0 Å². The monoisotopic (exact) mass is 405 g/mol. The van der Waals surface area contributed by atoms with Crippen molar-refractivity contribution in [2.24, 2.45) is 0 Å². The second-order valence-electron chi connectivity index (χ2n) is 6.53. The van der Waals surface area contributed by atoms with Gasteiger partial charge < -0.3 is 24.2 Å². The van der Waals surface area contributed by atoms with E-state index >= 15 is 0 Å². The van der Waals surface area contributed by atoms with Crippen molar-refractivity contribution in [1.29, 1.82) is 0 Å². The lowest BCUT2D eigenvalue weighted by molar-refractivity contribution is -0.154. The SMILES string of the molecule is CCOC(=O)N1CCN(C(=O)C(=O)N(CCOC)C2CCS(=O)(=O)C2)CC1.